The van der Waals surface area contributed by atoms with Crippen LogP contribution in [0.5, 0.6) is 0 Å². The highest BCUT2D eigenvalue weighted by Crippen LogP contribution is 2.70. The molecule has 26 heavy (non-hydrogen) atoms. The maximum absolute atomic E-state index is 12.0. The van der Waals surface area contributed by atoms with Crippen LogP contribution in [0.15, 0.2) is 11.6 Å². The number of hydrogen-bond donors (Lipinski definition) is 0. The van der Waals surface area contributed by atoms with Gasteiger partial charge in [-0.2, -0.15) is 0 Å². The first-order chi connectivity index (χ1) is 12.3. The van der Waals surface area contributed by atoms with Gasteiger partial charge in [0.25, 0.3) is 0 Å². The van der Waals surface area contributed by atoms with Crippen molar-refractivity contribution in [3.05, 3.63) is 11.6 Å². The summed E-state index contributed by atoms with van der Waals surface area (Å²) in [5, 5.41) is 0. The van der Waals surface area contributed by atoms with E-state index in [0.29, 0.717) is 22.0 Å². The molecule has 0 bridgehead atoms. The number of rotatable bonds is 4. The molecule has 0 N–H and O–H groups in total. The third-order valence-electron chi connectivity index (χ3n) is 9.81. The van der Waals surface area contributed by atoms with E-state index in [9.17, 15) is 4.79 Å². The Labute approximate surface area is 160 Å². The SMILES string of the molecule is COCCC[C@@]1(C)CC[C@H]2C3CCC4=CC(=O)CC[C@]4(C)[C@H]3CC[C@@]21C. The lowest BCUT2D eigenvalue weighted by Gasteiger charge is -2.59. The predicted octanol–water partition coefficient (Wildman–Crippen LogP) is 5.95. The summed E-state index contributed by atoms with van der Waals surface area (Å²) in [5.74, 6) is 2.97. The average molecular weight is 359 g/mol. The molecule has 4 aliphatic rings. The van der Waals surface area contributed by atoms with Gasteiger partial charge in [-0.15, -0.1) is 0 Å². The fraction of sp³-hybridized carbons (Fsp3) is 0.875. The van der Waals surface area contributed by atoms with Gasteiger partial charge in [0.2, 0.25) is 0 Å². The molecule has 0 radical (unpaired) electrons. The number of allylic oxidation sites excluding steroid dienone is 1. The minimum absolute atomic E-state index is 0.313. The van der Waals surface area contributed by atoms with Crippen molar-refractivity contribution in [3.63, 3.8) is 0 Å². The minimum atomic E-state index is 0.313. The topological polar surface area (TPSA) is 26.3 Å². The van der Waals surface area contributed by atoms with Crippen LogP contribution in [0.1, 0.15) is 85.0 Å². The van der Waals surface area contributed by atoms with E-state index in [1.54, 1.807) is 0 Å². The maximum atomic E-state index is 12.0. The molecule has 0 spiro atoms. The van der Waals surface area contributed by atoms with Crippen molar-refractivity contribution in [2.75, 3.05) is 13.7 Å². The molecule has 1 unspecified atom stereocenters. The zero-order valence-electron chi connectivity index (χ0n) is 17.4. The Kier molecular flexibility index (Phi) is 4.66. The molecule has 0 aromatic heterocycles. The smallest absolute Gasteiger partial charge is 0.155 e. The summed E-state index contributed by atoms with van der Waals surface area (Å²) in [6.45, 7) is 8.62. The van der Waals surface area contributed by atoms with E-state index in [4.69, 9.17) is 4.74 Å². The number of ether oxygens (including phenoxy) is 1. The van der Waals surface area contributed by atoms with Crippen LogP contribution in [0.4, 0.5) is 0 Å². The normalized spacial score (nSPS) is 47.8. The Morgan fingerprint density at radius 3 is 2.58 bits per heavy atom. The standard InChI is InChI=1S/C24H38O2/c1-22(11-5-15-26-4)12-9-21-19-7-6-17-16-18(25)8-13-23(17,2)20(19)10-14-24(21,22)3/h16,19-21H,5-15H2,1-4H3/t19?,20-,21-,22-,23-,24-/m0/s1. The van der Waals surface area contributed by atoms with Gasteiger partial charge >= 0.3 is 0 Å². The molecule has 0 aromatic rings. The molecule has 4 rings (SSSR count). The summed E-state index contributed by atoms with van der Waals surface area (Å²) < 4.78 is 5.35. The van der Waals surface area contributed by atoms with E-state index < -0.39 is 0 Å². The summed E-state index contributed by atoms with van der Waals surface area (Å²) in [6.07, 6.45) is 14.5. The Morgan fingerprint density at radius 1 is 1.04 bits per heavy atom. The van der Waals surface area contributed by atoms with Crippen molar-refractivity contribution in [2.24, 2.45) is 34.0 Å². The zero-order chi connectivity index (χ0) is 18.6. The van der Waals surface area contributed by atoms with E-state index in [1.807, 2.05) is 13.2 Å². The van der Waals surface area contributed by atoms with Crippen LogP contribution >= 0.6 is 0 Å². The van der Waals surface area contributed by atoms with Crippen LogP contribution in [-0.4, -0.2) is 19.5 Å². The molecular weight excluding hydrogens is 320 g/mol. The van der Waals surface area contributed by atoms with Crippen molar-refractivity contribution >= 4 is 5.78 Å². The lowest BCUT2D eigenvalue weighted by molar-refractivity contribution is -0.118. The highest BCUT2D eigenvalue weighted by Gasteiger charge is 2.62. The highest BCUT2D eigenvalue weighted by atomic mass is 16.5. The molecule has 2 nitrogen and oxygen atoms in total. The Morgan fingerprint density at radius 2 is 1.81 bits per heavy atom. The first-order valence-corrected chi connectivity index (χ1v) is 11.1. The van der Waals surface area contributed by atoms with E-state index in [-0.39, 0.29) is 0 Å². The molecular formula is C24H38O2. The third kappa shape index (κ3) is 2.58. The van der Waals surface area contributed by atoms with E-state index in [2.05, 4.69) is 20.8 Å². The third-order valence-corrected chi connectivity index (χ3v) is 9.81. The molecule has 0 aromatic carbocycles. The van der Waals surface area contributed by atoms with Crippen molar-refractivity contribution in [1.82, 2.24) is 0 Å². The molecule has 3 saturated carbocycles. The monoisotopic (exact) mass is 358 g/mol. The molecule has 0 saturated heterocycles. The number of carbonyl (C=O) groups is 1. The summed E-state index contributed by atoms with van der Waals surface area (Å²) >= 11 is 0. The van der Waals surface area contributed by atoms with Gasteiger partial charge in [0, 0.05) is 20.1 Å². The largest absolute Gasteiger partial charge is 0.385 e. The van der Waals surface area contributed by atoms with Crippen molar-refractivity contribution in [1.29, 1.82) is 0 Å². The fourth-order valence-electron chi connectivity index (χ4n) is 7.94. The van der Waals surface area contributed by atoms with Crippen molar-refractivity contribution in [2.45, 2.75) is 85.0 Å². The second-order valence-corrected chi connectivity index (χ2v) is 10.6. The molecule has 3 fully saturated rings. The van der Waals surface area contributed by atoms with Crippen LogP contribution in [-0.2, 0) is 9.53 Å². The second kappa shape index (κ2) is 6.47. The molecule has 6 atom stereocenters. The lowest BCUT2D eigenvalue weighted by atomic mass is 9.45. The van der Waals surface area contributed by atoms with Gasteiger partial charge in [-0.3, -0.25) is 4.79 Å². The van der Waals surface area contributed by atoms with Crippen LogP contribution < -0.4 is 0 Å². The van der Waals surface area contributed by atoms with Crippen molar-refractivity contribution < 1.29 is 9.53 Å². The molecule has 4 aliphatic carbocycles. The van der Waals surface area contributed by atoms with E-state index >= 15 is 0 Å². The van der Waals surface area contributed by atoms with Gasteiger partial charge < -0.3 is 4.74 Å². The Balaban J connectivity index is 1.58. The maximum Gasteiger partial charge on any atom is 0.155 e. The predicted molar refractivity (Wildman–Crippen MR) is 106 cm³/mol. The number of ketones is 1. The van der Waals surface area contributed by atoms with Crippen LogP contribution in [0.25, 0.3) is 0 Å². The number of fused-ring (bicyclic) bond motifs is 5. The molecule has 146 valence electrons. The quantitative estimate of drug-likeness (QED) is 0.580. The molecule has 2 heteroatoms. The average Bonchev–Trinajstić information content (AvgIpc) is 2.87. The number of methoxy groups -OCH3 is 1. The van der Waals surface area contributed by atoms with Crippen LogP contribution in [0.3, 0.4) is 0 Å². The van der Waals surface area contributed by atoms with Gasteiger partial charge in [0.1, 0.15) is 0 Å². The molecule has 0 aliphatic heterocycles. The summed E-state index contributed by atoms with van der Waals surface area (Å²) in [4.78, 5) is 12.0. The molecule has 0 heterocycles. The van der Waals surface area contributed by atoms with Gasteiger partial charge in [-0.05, 0) is 97.9 Å². The second-order valence-electron chi connectivity index (χ2n) is 10.6. The van der Waals surface area contributed by atoms with Gasteiger partial charge in [-0.25, -0.2) is 0 Å². The summed E-state index contributed by atoms with van der Waals surface area (Å²) in [5.41, 5.74) is 2.80. The van der Waals surface area contributed by atoms with Crippen molar-refractivity contribution in [3.8, 4) is 0 Å². The minimum Gasteiger partial charge on any atom is -0.385 e. The first-order valence-electron chi connectivity index (χ1n) is 11.1. The lowest BCUT2D eigenvalue weighted by Crippen LogP contribution is -2.52. The van der Waals surface area contributed by atoms with E-state index in [0.717, 1.165) is 37.2 Å². The van der Waals surface area contributed by atoms with Crippen LogP contribution in [0.2, 0.25) is 0 Å². The zero-order valence-corrected chi connectivity index (χ0v) is 17.4. The Hall–Kier alpha value is -0.630. The van der Waals surface area contributed by atoms with Crippen LogP contribution in [0, 0.1) is 34.0 Å². The highest BCUT2D eigenvalue weighted by molar-refractivity contribution is 5.91. The first kappa shape index (κ1) is 18.7. The van der Waals surface area contributed by atoms with Gasteiger partial charge in [0.05, 0.1) is 0 Å². The van der Waals surface area contributed by atoms with E-state index in [1.165, 1.54) is 56.9 Å². The molecule has 0 amide bonds. The van der Waals surface area contributed by atoms with Gasteiger partial charge in [-0.1, -0.05) is 26.3 Å². The number of hydrogen-bond acceptors (Lipinski definition) is 2. The number of carbonyl (C=O) groups excluding carboxylic acids is 1. The Bertz CT molecular complexity index is 607. The fourth-order valence-corrected chi connectivity index (χ4v) is 7.94. The van der Waals surface area contributed by atoms with Gasteiger partial charge in [0.15, 0.2) is 5.78 Å². The summed E-state index contributed by atoms with van der Waals surface area (Å²) in [7, 11) is 1.83. The summed E-state index contributed by atoms with van der Waals surface area (Å²) in [6, 6.07) is 0.